The van der Waals surface area contributed by atoms with Gasteiger partial charge in [-0.25, -0.2) is 14.6 Å². The van der Waals surface area contributed by atoms with Gasteiger partial charge >= 0.3 is 11.9 Å². The molecule has 1 heterocycles. The molecule has 62 heavy (non-hydrogen) atoms. The van der Waals surface area contributed by atoms with E-state index in [1.165, 1.54) is 0 Å². The summed E-state index contributed by atoms with van der Waals surface area (Å²) < 4.78 is 34.6. The molecular weight excluding hydrogens is 971 g/mol. The van der Waals surface area contributed by atoms with Crippen molar-refractivity contribution in [1.29, 1.82) is 0 Å². The van der Waals surface area contributed by atoms with Crippen LogP contribution in [-0.2, 0) is 49.5 Å². The summed E-state index contributed by atoms with van der Waals surface area (Å²) >= 11 is 12.9. The molecule has 0 aliphatic rings. The number of imidazole rings is 1. The molecule has 0 amide bonds. The highest BCUT2D eigenvalue weighted by atomic mass is 79.9. The summed E-state index contributed by atoms with van der Waals surface area (Å²) in [7, 11) is -4.50. The van der Waals surface area contributed by atoms with Crippen LogP contribution in [0.2, 0.25) is 36.3 Å². The Hall–Kier alpha value is -3.44. The minimum atomic E-state index is -2.11. The second-order valence-electron chi connectivity index (χ2n) is 17.2. The molecule has 1 aromatic heterocycles. The topological polar surface area (TPSA) is 111 Å². The Bertz CT molecular complexity index is 1940. The van der Waals surface area contributed by atoms with Crippen molar-refractivity contribution < 1.29 is 34.4 Å². The lowest BCUT2D eigenvalue weighted by atomic mass is 10.1. The van der Waals surface area contributed by atoms with E-state index in [0.29, 0.717) is 11.5 Å². The fourth-order valence-electron chi connectivity index (χ4n) is 4.33. The van der Waals surface area contributed by atoms with Gasteiger partial charge in [0.05, 0.1) is 14.9 Å². The lowest BCUT2D eigenvalue weighted by Gasteiger charge is -2.38. The molecule has 8 nitrogen and oxygen atoms in total. The number of benzene rings is 4. The number of rotatable bonds is 12. The minimum Gasteiger partial charge on any atom is -0.459 e. The molecule has 4 aromatic carbocycles. The van der Waals surface area contributed by atoms with Gasteiger partial charge in [0.1, 0.15) is 19.3 Å². The van der Waals surface area contributed by atoms with Crippen LogP contribution in [0.4, 0.5) is 4.39 Å². The van der Waals surface area contributed by atoms with Gasteiger partial charge in [0.15, 0.2) is 21.8 Å². The Kier molecular flexibility index (Phi) is 25.0. The van der Waals surface area contributed by atoms with E-state index in [4.69, 9.17) is 26.3 Å². The molecule has 5 aromatic rings. The molecule has 0 radical (unpaired) electrons. The van der Waals surface area contributed by atoms with Crippen molar-refractivity contribution in [3.8, 4) is 0 Å². The fourth-order valence-corrected chi connectivity index (χ4v) is 6.10. The number of esters is 2. The minimum absolute atomic E-state index is 0.0185. The molecule has 0 saturated heterocycles. The number of aromatic amines is 1. The first-order valence-electron chi connectivity index (χ1n) is 20.8. The Labute approximate surface area is 394 Å². The Morgan fingerprint density at radius 1 is 0.726 bits per heavy atom. The number of alkyl halides is 1. The van der Waals surface area contributed by atoms with Crippen molar-refractivity contribution in [2.24, 2.45) is 0 Å². The predicted octanol–water partition coefficient (Wildman–Crippen LogP) is 13.4. The van der Waals surface area contributed by atoms with E-state index in [2.05, 4.69) is 110 Å². The number of H-pyrrole nitrogens is 1. The van der Waals surface area contributed by atoms with Gasteiger partial charge in [-0.3, -0.25) is 4.39 Å². The van der Waals surface area contributed by atoms with E-state index < -0.39 is 41.0 Å². The van der Waals surface area contributed by atoms with Gasteiger partial charge in [0.2, 0.25) is 0 Å². The average Bonchev–Trinajstić information content (AvgIpc) is 3.82. The van der Waals surface area contributed by atoms with Gasteiger partial charge in [0, 0.05) is 34.2 Å². The summed E-state index contributed by atoms with van der Waals surface area (Å²) in [6, 6.07) is 34.6. The van der Waals surface area contributed by atoms with E-state index in [1.54, 1.807) is 18.7 Å². The van der Waals surface area contributed by atoms with Gasteiger partial charge in [-0.2, -0.15) is 11.1 Å². The lowest BCUT2D eigenvalue weighted by molar-refractivity contribution is -0.155. The molecule has 0 aliphatic heterocycles. The van der Waals surface area contributed by atoms with Crippen molar-refractivity contribution in [2.45, 2.75) is 116 Å². The highest BCUT2D eigenvalue weighted by Gasteiger charge is 2.41. The zero-order valence-corrected chi connectivity index (χ0v) is 43.7. The molecule has 14 heteroatoms. The normalized spacial score (nSPS) is 12.4. The van der Waals surface area contributed by atoms with Crippen molar-refractivity contribution in [1.82, 2.24) is 9.97 Å². The zero-order chi connectivity index (χ0) is 47.7. The van der Waals surface area contributed by atoms with Crippen molar-refractivity contribution in [3.63, 3.8) is 0 Å². The third-order valence-electron chi connectivity index (χ3n) is 10.1. The quantitative estimate of drug-likeness (QED) is 0.0727. The summed E-state index contributed by atoms with van der Waals surface area (Å²) in [4.78, 5) is 31.0. The lowest BCUT2D eigenvalue weighted by Crippen LogP contribution is -2.47. The van der Waals surface area contributed by atoms with E-state index >= 15 is 0 Å². The number of hydrogen-bond donors (Lipinski definition) is 2. The maximum absolute atomic E-state index is 12.9. The number of ether oxygens (including phenoxy) is 2. The number of carbonyl (C=O) groups excluding carboxylic acids is 2. The molecular formula is C48H66Br2ClFN2O6Si2. The van der Waals surface area contributed by atoms with Crippen molar-refractivity contribution in [3.05, 3.63) is 159 Å². The third-order valence-corrected chi connectivity index (χ3v) is 20.9. The highest BCUT2D eigenvalue weighted by Crippen LogP contribution is 2.39. The van der Waals surface area contributed by atoms with Crippen molar-refractivity contribution >= 4 is 70.6 Å². The van der Waals surface area contributed by atoms with Crippen molar-refractivity contribution in [2.75, 3.05) is 7.15 Å². The maximum atomic E-state index is 12.9. The van der Waals surface area contributed by atoms with Crippen LogP contribution in [0.1, 0.15) is 65.2 Å². The molecule has 2 atom stereocenters. The average molecular weight is 1040 g/mol. The summed E-state index contributed by atoms with van der Waals surface area (Å²) in [5.74, 6) is -0.900. The third kappa shape index (κ3) is 23.3. The Balaban J connectivity index is 0.000000477. The van der Waals surface area contributed by atoms with Crippen LogP contribution < -0.4 is 0 Å². The Morgan fingerprint density at radius 2 is 1.13 bits per heavy atom. The number of aliphatic hydroxyl groups is 1. The molecule has 0 fully saturated rings. The van der Waals surface area contributed by atoms with Crippen LogP contribution in [0, 0.1) is 0 Å². The molecule has 0 bridgehead atoms. The molecule has 2 N–H and O–H groups in total. The fraction of sp³-hybridized carbons (Fsp3) is 0.396. The van der Waals surface area contributed by atoms with E-state index in [9.17, 15) is 19.1 Å². The number of nitrogens with zero attached hydrogens (tertiary/aromatic N) is 1. The summed E-state index contributed by atoms with van der Waals surface area (Å²) in [5, 5.41) is 10.2. The first-order valence-corrected chi connectivity index (χ1v) is 28.6. The second-order valence-corrected chi connectivity index (χ2v) is 31.1. The van der Waals surface area contributed by atoms with Crippen LogP contribution in [0.3, 0.4) is 0 Å². The number of halogens is 4. The van der Waals surface area contributed by atoms with Gasteiger partial charge in [0.25, 0.3) is 0 Å². The maximum Gasteiger partial charge on any atom is 0.335 e. The number of aliphatic hydroxyl groups excluding tert-OH is 1. The van der Waals surface area contributed by atoms with Gasteiger partial charge < -0.3 is 24.0 Å². The molecule has 0 aliphatic carbocycles. The number of aromatic nitrogens is 2. The van der Waals surface area contributed by atoms with E-state index in [-0.39, 0.29) is 30.6 Å². The van der Waals surface area contributed by atoms with E-state index in [1.807, 2.05) is 109 Å². The second kappa shape index (κ2) is 28.4. The summed E-state index contributed by atoms with van der Waals surface area (Å²) in [5.41, 5.74) is 3.81. The highest BCUT2D eigenvalue weighted by molar-refractivity contribution is 9.10. The number of hydrogen-bond acceptors (Lipinski definition) is 7. The summed E-state index contributed by atoms with van der Waals surface area (Å²) in [6.45, 7) is 22.2. The first kappa shape index (κ1) is 54.7. The molecule has 5 rings (SSSR count). The molecule has 0 spiro atoms. The smallest absolute Gasteiger partial charge is 0.335 e. The van der Waals surface area contributed by atoms with Crippen LogP contribution in [0.15, 0.2) is 137 Å². The summed E-state index contributed by atoms with van der Waals surface area (Å²) in [6.07, 6.45) is 4.10. The molecule has 340 valence electrons. The molecule has 0 saturated carbocycles. The SMILES string of the molecule is CC(C)(C)[Si](C)(C)Cl.CC(C)(C)[Si](C)(C)O[C@H](Cc1ccc(Br)cc1)C(=O)OCc1ccccc1.O=C(OCc1ccccc1)[C@H](O)Cc1ccc(Br)cc1.[2H]CF.c1c[nH]cn1. The van der Waals surface area contributed by atoms with Gasteiger partial charge in [-0.05, 0) is 69.7 Å². The zero-order valence-electron chi connectivity index (χ0n) is 38.8. The number of nitrogens with one attached hydrogen (secondary N) is 1. The Morgan fingerprint density at radius 3 is 1.47 bits per heavy atom. The van der Waals surface area contributed by atoms with Crippen LogP contribution >= 0.6 is 42.9 Å². The van der Waals surface area contributed by atoms with Crippen LogP contribution in [0.5, 0.6) is 0 Å². The van der Waals surface area contributed by atoms with E-state index in [0.717, 1.165) is 31.2 Å². The van der Waals surface area contributed by atoms with Crippen LogP contribution in [-0.4, -0.2) is 62.1 Å². The van der Waals surface area contributed by atoms with Crippen LogP contribution in [0.25, 0.3) is 0 Å². The van der Waals surface area contributed by atoms with Gasteiger partial charge in [-0.1, -0.05) is 171 Å². The first-order chi connectivity index (χ1) is 29.4. The monoisotopic (exact) mass is 1040 g/mol. The molecule has 0 unspecified atom stereocenters. The van der Waals surface area contributed by atoms with Gasteiger partial charge in [-0.15, -0.1) is 0 Å². The largest absolute Gasteiger partial charge is 0.459 e. The standard InChI is InChI=1S/C22H29BrO3Si.C16H15BrO3.C6H15ClSi.C3H4N2.CH3F/c1-22(2,3)27(4,5)26-20(15-17-11-13-19(23)14-12-17)21(24)25-16-18-9-7-6-8-10-18;17-14-8-6-12(7-9-14)10-15(18)16(19)20-11-13-4-2-1-3-5-13;1-6(2,3)8(4,5)7;1-2-5-3-4-1;1-2/h6-14,20H,15-16H2,1-5H3;1-9,15,18H,10-11H2;1-5H3;1-3H,(H,4,5);1H3/t20-;15-;;;/m11.../s1/i;;;;1D. The number of carbonyl (C=O) groups is 2. The predicted molar refractivity (Wildman–Crippen MR) is 265 cm³/mol.